The molecule has 0 aromatic heterocycles. The Bertz CT molecular complexity index is 219. The molecule has 17 heavy (non-hydrogen) atoms. The molecule has 0 aromatic rings. The Morgan fingerprint density at radius 2 is 2.18 bits per heavy atom. The molecule has 2 saturated heterocycles. The second kappa shape index (κ2) is 6.69. The van der Waals surface area contributed by atoms with E-state index >= 15 is 0 Å². The number of rotatable bonds is 6. The topological polar surface area (TPSA) is 56.5 Å². The van der Waals surface area contributed by atoms with Crippen LogP contribution in [0.5, 0.6) is 0 Å². The summed E-state index contributed by atoms with van der Waals surface area (Å²) >= 11 is 0. The van der Waals surface area contributed by atoms with E-state index in [4.69, 9.17) is 15.3 Å². The highest BCUT2D eigenvalue weighted by Crippen LogP contribution is 2.26. The summed E-state index contributed by atoms with van der Waals surface area (Å²) in [4.78, 5) is 0. The third kappa shape index (κ3) is 3.65. The highest BCUT2D eigenvalue weighted by Gasteiger charge is 2.31. The van der Waals surface area contributed by atoms with Gasteiger partial charge < -0.3 is 9.47 Å². The fraction of sp³-hybridized carbons (Fsp3) is 1.00. The van der Waals surface area contributed by atoms with Crippen LogP contribution in [0.2, 0.25) is 0 Å². The van der Waals surface area contributed by atoms with Gasteiger partial charge in [-0.15, -0.1) is 0 Å². The van der Waals surface area contributed by atoms with Crippen LogP contribution in [0.15, 0.2) is 0 Å². The SMILES string of the molecule is CC1CCOC1C(CCCC1CCCO1)NN. The molecule has 2 aliphatic rings. The summed E-state index contributed by atoms with van der Waals surface area (Å²) in [6, 6.07) is 0.300. The van der Waals surface area contributed by atoms with Gasteiger partial charge in [0.25, 0.3) is 0 Å². The first-order valence-electron chi connectivity index (χ1n) is 7.00. The summed E-state index contributed by atoms with van der Waals surface area (Å²) < 4.78 is 11.4. The molecule has 0 radical (unpaired) electrons. The lowest BCUT2D eigenvalue weighted by Crippen LogP contribution is -2.45. The number of nitrogens with two attached hydrogens (primary N) is 1. The number of nitrogens with one attached hydrogen (secondary N) is 1. The van der Waals surface area contributed by atoms with Crippen molar-refractivity contribution in [1.29, 1.82) is 0 Å². The van der Waals surface area contributed by atoms with Gasteiger partial charge in [0.15, 0.2) is 0 Å². The van der Waals surface area contributed by atoms with Crippen LogP contribution in [-0.2, 0) is 9.47 Å². The minimum absolute atomic E-state index is 0.296. The van der Waals surface area contributed by atoms with E-state index in [9.17, 15) is 0 Å². The van der Waals surface area contributed by atoms with Crippen molar-refractivity contribution in [3.63, 3.8) is 0 Å². The van der Waals surface area contributed by atoms with Crippen LogP contribution in [0.4, 0.5) is 0 Å². The zero-order chi connectivity index (χ0) is 12.1. The van der Waals surface area contributed by atoms with Gasteiger partial charge in [0, 0.05) is 19.3 Å². The van der Waals surface area contributed by atoms with Crippen molar-refractivity contribution < 1.29 is 9.47 Å². The summed E-state index contributed by atoms with van der Waals surface area (Å²) in [5.74, 6) is 6.27. The van der Waals surface area contributed by atoms with E-state index in [1.807, 2.05) is 0 Å². The maximum Gasteiger partial charge on any atom is 0.0767 e. The van der Waals surface area contributed by atoms with Crippen LogP contribution in [0.25, 0.3) is 0 Å². The van der Waals surface area contributed by atoms with E-state index in [-0.39, 0.29) is 0 Å². The zero-order valence-corrected chi connectivity index (χ0v) is 10.9. The van der Waals surface area contributed by atoms with Crippen LogP contribution in [0.3, 0.4) is 0 Å². The lowest BCUT2D eigenvalue weighted by molar-refractivity contribution is 0.0540. The summed E-state index contributed by atoms with van der Waals surface area (Å²) in [5.41, 5.74) is 2.93. The third-order valence-corrected chi connectivity index (χ3v) is 4.12. The van der Waals surface area contributed by atoms with E-state index < -0.39 is 0 Å². The standard InChI is InChI=1S/C13H26N2O2/c1-10-7-9-17-13(10)12(15-14)6-2-4-11-5-3-8-16-11/h10-13,15H,2-9,14H2,1H3. The quantitative estimate of drug-likeness (QED) is 0.548. The maximum absolute atomic E-state index is 5.77. The molecule has 4 heteroatoms. The van der Waals surface area contributed by atoms with Crippen molar-refractivity contribution in [3.8, 4) is 0 Å². The minimum atomic E-state index is 0.296. The molecular formula is C13H26N2O2. The maximum atomic E-state index is 5.77. The molecule has 0 amide bonds. The predicted octanol–water partition coefficient (Wildman–Crippen LogP) is 1.59. The van der Waals surface area contributed by atoms with Crippen LogP contribution >= 0.6 is 0 Å². The van der Waals surface area contributed by atoms with Gasteiger partial charge in [0.05, 0.1) is 12.2 Å². The predicted molar refractivity (Wildman–Crippen MR) is 67.5 cm³/mol. The van der Waals surface area contributed by atoms with Gasteiger partial charge in [-0.2, -0.15) is 0 Å². The van der Waals surface area contributed by atoms with Crippen molar-refractivity contribution in [2.24, 2.45) is 11.8 Å². The van der Waals surface area contributed by atoms with Crippen molar-refractivity contribution in [2.45, 2.75) is 63.7 Å². The Morgan fingerprint density at radius 1 is 1.29 bits per heavy atom. The molecule has 0 saturated carbocycles. The fourth-order valence-electron chi connectivity index (χ4n) is 3.01. The zero-order valence-electron chi connectivity index (χ0n) is 10.9. The summed E-state index contributed by atoms with van der Waals surface area (Å²) in [7, 11) is 0. The summed E-state index contributed by atoms with van der Waals surface area (Å²) in [6.07, 6.45) is 7.84. The molecule has 2 fully saturated rings. The van der Waals surface area contributed by atoms with E-state index in [1.54, 1.807) is 0 Å². The third-order valence-electron chi connectivity index (χ3n) is 4.12. The van der Waals surface area contributed by atoms with Crippen LogP contribution in [0, 0.1) is 5.92 Å². The molecule has 100 valence electrons. The number of hydrazine groups is 1. The molecular weight excluding hydrogens is 216 g/mol. The molecule has 2 heterocycles. The molecule has 4 nitrogen and oxygen atoms in total. The van der Waals surface area contributed by atoms with Gasteiger partial charge in [0.1, 0.15) is 0 Å². The van der Waals surface area contributed by atoms with Gasteiger partial charge in [-0.05, 0) is 44.4 Å². The first kappa shape index (κ1) is 13.3. The molecule has 0 aliphatic carbocycles. The molecule has 4 unspecified atom stereocenters. The van der Waals surface area contributed by atoms with E-state index in [1.165, 1.54) is 25.7 Å². The molecule has 2 rings (SSSR count). The van der Waals surface area contributed by atoms with Crippen LogP contribution in [0.1, 0.15) is 45.4 Å². The van der Waals surface area contributed by atoms with Crippen molar-refractivity contribution in [3.05, 3.63) is 0 Å². The minimum Gasteiger partial charge on any atom is -0.378 e. The number of ether oxygens (including phenoxy) is 2. The van der Waals surface area contributed by atoms with E-state index in [0.29, 0.717) is 24.2 Å². The van der Waals surface area contributed by atoms with Crippen LogP contribution in [-0.4, -0.2) is 31.5 Å². The fourth-order valence-corrected chi connectivity index (χ4v) is 3.01. The average Bonchev–Trinajstić information content (AvgIpc) is 2.96. The molecule has 0 aromatic carbocycles. The highest BCUT2D eigenvalue weighted by atomic mass is 16.5. The highest BCUT2D eigenvalue weighted by molar-refractivity contribution is 4.83. The Hall–Kier alpha value is -0.160. The van der Waals surface area contributed by atoms with Crippen molar-refractivity contribution in [1.82, 2.24) is 5.43 Å². The largest absolute Gasteiger partial charge is 0.378 e. The lowest BCUT2D eigenvalue weighted by atomic mass is 9.94. The van der Waals surface area contributed by atoms with Gasteiger partial charge in [0.2, 0.25) is 0 Å². The number of hydrogen-bond donors (Lipinski definition) is 2. The first-order chi connectivity index (χ1) is 8.31. The van der Waals surface area contributed by atoms with E-state index in [0.717, 1.165) is 26.1 Å². The second-order valence-corrected chi connectivity index (χ2v) is 5.44. The average molecular weight is 242 g/mol. The molecule has 3 N–H and O–H groups in total. The lowest BCUT2D eigenvalue weighted by Gasteiger charge is -2.25. The molecule has 0 bridgehead atoms. The normalized spacial score (nSPS) is 35.3. The first-order valence-corrected chi connectivity index (χ1v) is 7.00. The van der Waals surface area contributed by atoms with Crippen molar-refractivity contribution >= 4 is 0 Å². The van der Waals surface area contributed by atoms with Gasteiger partial charge in [-0.25, -0.2) is 0 Å². The summed E-state index contributed by atoms with van der Waals surface area (Å²) in [6.45, 7) is 4.09. The Kier molecular flexibility index (Phi) is 5.22. The van der Waals surface area contributed by atoms with Gasteiger partial charge in [-0.3, -0.25) is 11.3 Å². The second-order valence-electron chi connectivity index (χ2n) is 5.44. The summed E-state index contributed by atoms with van der Waals surface area (Å²) in [5, 5.41) is 0. The van der Waals surface area contributed by atoms with Crippen molar-refractivity contribution in [2.75, 3.05) is 13.2 Å². The number of hydrogen-bond acceptors (Lipinski definition) is 4. The Labute approximate surface area is 104 Å². The monoisotopic (exact) mass is 242 g/mol. The molecule has 0 spiro atoms. The van der Waals surface area contributed by atoms with E-state index in [2.05, 4.69) is 12.3 Å². The van der Waals surface area contributed by atoms with Gasteiger partial charge >= 0.3 is 0 Å². The molecule has 2 aliphatic heterocycles. The molecule has 4 atom stereocenters. The smallest absolute Gasteiger partial charge is 0.0767 e. The Morgan fingerprint density at radius 3 is 2.76 bits per heavy atom. The van der Waals surface area contributed by atoms with Gasteiger partial charge in [-0.1, -0.05) is 6.92 Å². The Balaban J connectivity index is 1.67. The van der Waals surface area contributed by atoms with Crippen LogP contribution < -0.4 is 11.3 Å².